The normalized spacial score (nSPS) is 12.8. The van der Waals surface area contributed by atoms with Crippen LogP contribution in [0.2, 0.25) is 0 Å². The predicted octanol–water partition coefficient (Wildman–Crippen LogP) is 3.41. The molecule has 0 bridgehead atoms. The largest absolute Gasteiger partial charge is 0.481 e. The van der Waals surface area contributed by atoms with Gasteiger partial charge in [0.1, 0.15) is 5.75 Å². The van der Waals surface area contributed by atoms with Crippen LogP contribution in [0.5, 0.6) is 5.75 Å². The lowest BCUT2D eigenvalue weighted by Gasteiger charge is -2.18. The summed E-state index contributed by atoms with van der Waals surface area (Å²) < 4.78 is 5.87. The maximum absolute atomic E-state index is 11.9. The fourth-order valence-electron chi connectivity index (χ4n) is 1.62. The van der Waals surface area contributed by atoms with Gasteiger partial charge in [0.25, 0.3) is 5.91 Å². The second kappa shape index (κ2) is 7.58. The Labute approximate surface area is 126 Å². The number of benzene rings is 1. The van der Waals surface area contributed by atoms with Gasteiger partial charge < -0.3 is 10.1 Å². The van der Waals surface area contributed by atoms with E-state index in [1.807, 2.05) is 43.0 Å². The third kappa shape index (κ3) is 6.85. The monoisotopic (exact) mass is 295 g/mol. The summed E-state index contributed by atoms with van der Waals surface area (Å²) in [6, 6.07) is 7.72. The summed E-state index contributed by atoms with van der Waals surface area (Å²) in [4.78, 5) is 11.9. The molecule has 0 heterocycles. The smallest absolute Gasteiger partial charge is 0.260 e. The van der Waals surface area contributed by atoms with Crippen LogP contribution in [-0.4, -0.2) is 29.1 Å². The van der Waals surface area contributed by atoms with Crippen molar-refractivity contribution in [2.75, 3.05) is 12.3 Å². The molecule has 1 atom stereocenters. The number of rotatable bonds is 6. The molecule has 0 aliphatic rings. The maximum Gasteiger partial charge on any atom is 0.260 e. The van der Waals surface area contributed by atoms with Crippen LogP contribution in [0, 0.1) is 6.92 Å². The van der Waals surface area contributed by atoms with Crippen molar-refractivity contribution in [1.82, 2.24) is 5.32 Å². The molecule has 3 nitrogen and oxygen atoms in total. The van der Waals surface area contributed by atoms with Gasteiger partial charge in [-0.2, -0.15) is 11.8 Å². The highest BCUT2D eigenvalue weighted by Crippen LogP contribution is 2.22. The van der Waals surface area contributed by atoms with Gasteiger partial charge in [0.15, 0.2) is 6.10 Å². The zero-order valence-corrected chi connectivity index (χ0v) is 13.8. The van der Waals surface area contributed by atoms with Gasteiger partial charge in [0, 0.05) is 17.0 Å². The summed E-state index contributed by atoms with van der Waals surface area (Å²) in [5.41, 5.74) is 1.12. The Kier molecular flexibility index (Phi) is 6.40. The molecular formula is C16H25NO2S. The third-order valence-electron chi connectivity index (χ3n) is 2.61. The van der Waals surface area contributed by atoms with Crippen LogP contribution in [0.1, 0.15) is 33.3 Å². The van der Waals surface area contributed by atoms with Crippen molar-refractivity contribution in [3.05, 3.63) is 29.8 Å². The first-order chi connectivity index (χ1) is 9.28. The summed E-state index contributed by atoms with van der Waals surface area (Å²) in [7, 11) is 0. The van der Waals surface area contributed by atoms with Crippen LogP contribution in [0.15, 0.2) is 24.3 Å². The summed E-state index contributed by atoms with van der Waals surface area (Å²) in [5.74, 6) is 1.57. The minimum absolute atomic E-state index is 0.0685. The van der Waals surface area contributed by atoms with Gasteiger partial charge in [0.2, 0.25) is 0 Å². The van der Waals surface area contributed by atoms with Gasteiger partial charge >= 0.3 is 0 Å². The van der Waals surface area contributed by atoms with Crippen molar-refractivity contribution < 1.29 is 9.53 Å². The summed E-state index contributed by atoms with van der Waals surface area (Å²) >= 11 is 1.84. The van der Waals surface area contributed by atoms with E-state index in [0.717, 1.165) is 17.1 Å². The van der Waals surface area contributed by atoms with Crippen molar-refractivity contribution in [3.8, 4) is 5.75 Å². The van der Waals surface area contributed by atoms with Crippen LogP contribution in [0.25, 0.3) is 0 Å². The summed E-state index contributed by atoms with van der Waals surface area (Å²) in [6.07, 6.45) is -0.476. The lowest BCUT2D eigenvalue weighted by Crippen LogP contribution is -2.37. The Bertz CT molecular complexity index is 440. The molecule has 0 aliphatic heterocycles. The molecule has 1 aromatic carbocycles. The first-order valence-electron chi connectivity index (χ1n) is 6.93. The molecule has 0 aromatic heterocycles. The highest BCUT2D eigenvalue weighted by molar-refractivity contribution is 8.00. The molecule has 0 saturated carbocycles. The van der Waals surface area contributed by atoms with Gasteiger partial charge in [-0.15, -0.1) is 0 Å². The SMILES string of the molecule is Cc1cccc(O[C@H](C)C(=O)NCCSC(C)(C)C)c1. The number of hydrogen-bond acceptors (Lipinski definition) is 3. The number of nitrogens with one attached hydrogen (secondary N) is 1. The molecule has 0 radical (unpaired) electrons. The van der Waals surface area contributed by atoms with Crippen molar-refractivity contribution >= 4 is 17.7 Å². The van der Waals surface area contributed by atoms with Crippen molar-refractivity contribution in [3.63, 3.8) is 0 Å². The van der Waals surface area contributed by atoms with Crippen molar-refractivity contribution in [2.45, 2.75) is 45.5 Å². The van der Waals surface area contributed by atoms with E-state index in [1.54, 1.807) is 6.92 Å². The number of carbonyl (C=O) groups excluding carboxylic acids is 1. The number of carbonyl (C=O) groups is 1. The summed E-state index contributed by atoms with van der Waals surface area (Å²) in [5, 5.41) is 2.91. The number of ether oxygens (including phenoxy) is 1. The van der Waals surface area contributed by atoms with Gasteiger partial charge in [-0.3, -0.25) is 4.79 Å². The van der Waals surface area contributed by atoms with Gasteiger partial charge in [-0.05, 0) is 31.5 Å². The predicted molar refractivity (Wildman–Crippen MR) is 86.5 cm³/mol. The Morgan fingerprint density at radius 3 is 2.70 bits per heavy atom. The number of aryl methyl sites for hydroxylation is 1. The first kappa shape index (κ1) is 16.9. The highest BCUT2D eigenvalue weighted by atomic mass is 32.2. The zero-order valence-electron chi connectivity index (χ0n) is 13.0. The molecule has 20 heavy (non-hydrogen) atoms. The fourth-order valence-corrected chi connectivity index (χ4v) is 2.44. The minimum Gasteiger partial charge on any atom is -0.481 e. The quantitative estimate of drug-likeness (QED) is 0.817. The molecule has 112 valence electrons. The first-order valence-corrected chi connectivity index (χ1v) is 7.91. The van der Waals surface area contributed by atoms with E-state index in [2.05, 4.69) is 26.1 Å². The second-order valence-electron chi connectivity index (χ2n) is 5.83. The molecule has 1 aromatic rings. The number of amides is 1. The molecular weight excluding hydrogens is 270 g/mol. The zero-order chi connectivity index (χ0) is 15.2. The van der Waals surface area contributed by atoms with Crippen LogP contribution in [0.4, 0.5) is 0 Å². The Hall–Kier alpha value is -1.16. The van der Waals surface area contributed by atoms with Crippen LogP contribution in [-0.2, 0) is 4.79 Å². The highest BCUT2D eigenvalue weighted by Gasteiger charge is 2.15. The Morgan fingerprint density at radius 2 is 2.10 bits per heavy atom. The lowest BCUT2D eigenvalue weighted by molar-refractivity contribution is -0.127. The van der Waals surface area contributed by atoms with E-state index >= 15 is 0 Å². The third-order valence-corrected chi connectivity index (χ3v) is 3.88. The lowest BCUT2D eigenvalue weighted by atomic mass is 10.2. The van der Waals surface area contributed by atoms with E-state index in [1.165, 1.54) is 0 Å². The molecule has 1 N–H and O–H groups in total. The van der Waals surface area contributed by atoms with E-state index in [4.69, 9.17) is 4.74 Å². The molecule has 4 heteroatoms. The fraction of sp³-hybridized carbons (Fsp3) is 0.562. The van der Waals surface area contributed by atoms with Gasteiger partial charge in [-0.1, -0.05) is 32.9 Å². The van der Waals surface area contributed by atoms with Gasteiger partial charge in [-0.25, -0.2) is 0 Å². The Morgan fingerprint density at radius 1 is 1.40 bits per heavy atom. The minimum atomic E-state index is -0.476. The number of hydrogen-bond donors (Lipinski definition) is 1. The maximum atomic E-state index is 11.9. The standard InChI is InChI=1S/C16H25NO2S/c1-12-7-6-8-14(11-12)19-13(2)15(18)17-9-10-20-16(3,4)5/h6-8,11,13H,9-10H2,1-5H3,(H,17,18)/t13-/m1/s1. The molecule has 0 unspecified atom stereocenters. The molecule has 0 saturated heterocycles. The van der Waals surface area contributed by atoms with E-state index in [-0.39, 0.29) is 10.7 Å². The molecule has 1 amide bonds. The second-order valence-corrected chi connectivity index (χ2v) is 7.75. The summed E-state index contributed by atoms with van der Waals surface area (Å²) in [6.45, 7) is 11.0. The molecule has 0 fully saturated rings. The topological polar surface area (TPSA) is 38.3 Å². The van der Waals surface area contributed by atoms with E-state index < -0.39 is 6.10 Å². The van der Waals surface area contributed by atoms with E-state index in [9.17, 15) is 4.79 Å². The molecule has 0 aliphatic carbocycles. The molecule has 1 rings (SSSR count). The van der Waals surface area contributed by atoms with Gasteiger partial charge in [0.05, 0.1) is 0 Å². The average molecular weight is 295 g/mol. The van der Waals surface area contributed by atoms with E-state index in [0.29, 0.717) is 6.54 Å². The Balaban J connectivity index is 2.32. The van der Waals surface area contributed by atoms with Crippen LogP contribution >= 0.6 is 11.8 Å². The molecule has 0 spiro atoms. The van der Waals surface area contributed by atoms with Crippen molar-refractivity contribution in [2.24, 2.45) is 0 Å². The van der Waals surface area contributed by atoms with Crippen LogP contribution < -0.4 is 10.1 Å². The van der Waals surface area contributed by atoms with Crippen molar-refractivity contribution in [1.29, 1.82) is 0 Å². The number of thioether (sulfide) groups is 1. The van der Waals surface area contributed by atoms with Crippen LogP contribution in [0.3, 0.4) is 0 Å². The average Bonchev–Trinajstić information content (AvgIpc) is 2.33.